The first-order valence-corrected chi connectivity index (χ1v) is 11.3. The van der Waals surface area contributed by atoms with Crippen LogP contribution in [0.4, 0.5) is 5.69 Å². The van der Waals surface area contributed by atoms with Crippen molar-refractivity contribution >= 4 is 39.3 Å². The minimum Gasteiger partial charge on any atom is -0.478 e. The Hall–Kier alpha value is -2.65. The number of halogens is 1. The van der Waals surface area contributed by atoms with Gasteiger partial charge in [-0.25, -0.2) is 4.79 Å². The summed E-state index contributed by atoms with van der Waals surface area (Å²) in [5.74, 6) is -0.114. The molecular formula is C21H20BrN4O3S+. The number of nitrogens with one attached hydrogen (secondary N) is 2. The number of unbranched alkanes of at least 4 members (excludes halogenated alkanes) is 1. The molecule has 3 aromatic rings. The number of rotatable bonds is 6. The molecule has 1 atom stereocenters. The molecule has 3 N–H and O–H groups in total. The van der Waals surface area contributed by atoms with Gasteiger partial charge in [-0.1, -0.05) is 41.0 Å². The Labute approximate surface area is 185 Å². The van der Waals surface area contributed by atoms with Crippen LogP contribution < -0.4 is 15.6 Å². The van der Waals surface area contributed by atoms with Gasteiger partial charge < -0.3 is 10.4 Å². The summed E-state index contributed by atoms with van der Waals surface area (Å²) in [5, 5.41) is 17.9. The van der Waals surface area contributed by atoms with Gasteiger partial charge in [-0.3, -0.25) is 9.78 Å². The van der Waals surface area contributed by atoms with Crippen molar-refractivity contribution in [2.45, 2.75) is 31.1 Å². The summed E-state index contributed by atoms with van der Waals surface area (Å²) in [6.07, 6.45) is 1.66. The molecule has 0 unspecified atom stereocenters. The number of H-pyrrole nitrogens is 1. The van der Waals surface area contributed by atoms with E-state index in [-0.39, 0.29) is 11.1 Å². The van der Waals surface area contributed by atoms with Gasteiger partial charge in [0.15, 0.2) is 0 Å². The average molecular weight is 488 g/mol. The van der Waals surface area contributed by atoms with Crippen molar-refractivity contribution in [1.82, 2.24) is 10.1 Å². The summed E-state index contributed by atoms with van der Waals surface area (Å²) in [4.78, 5) is 27.2. The largest absolute Gasteiger partial charge is 0.478 e. The molecule has 0 saturated heterocycles. The number of aromatic nitrogens is 3. The topological polar surface area (TPSA) is 99.0 Å². The van der Waals surface area contributed by atoms with Crippen LogP contribution in [0.5, 0.6) is 0 Å². The normalized spacial score (nSPS) is 14.5. The molecule has 7 nitrogen and oxygen atoms in total. The van der Waals surface area contributed by atoms with Crippen LogP contribution in [0.15, 0.2) is 56.9 Å². The summed E-state index contributed by atoms with van der Waals surface area (Å²) in [6, 6.07) is 12.3. The molecule has 1 aromatic heterocycles. The zero-order valence-corrected chi connectivity index (χ0v) is 18.6. The summed E-state index contributed by atoms with van der Waals surface area (Å²) in [5.41, 5.74) is 2.82. The van der Waals surface area contributed by atoms with E-state index in [2.05, 4.69) is 33.2 Å². The highest BCUT2D eigenvalue weighted by molar-refractivity contribution is 9.10. The van der Waals surface area contributed by atoms with E-state index < -0.39 is 12.1 Å². The first-order valence-electron chi connectivity index (χ1n) is 9.56. The molecular weight excluding hydrogens is 468 g/mol. The highest BCUT2D eigenvalue weighted by atomic mass is 79.9. The number of carboxylic acids is 1. The third-order valence-corrected chi connectivity index (χ3v) is 6.29. The van der Waals surface area contributed by atoms with Crippen LogP contribution in [0.25, 0.3) is 11.3 Å². The van der Waals surface area contributed by atoms with Crippen molar-refractivity contribution in [2.75, 3.05) is 11.1 Å². The van der Waals surface area contributed by atoms with Crippen molar-refractivity contribution < 1.29 is 14.6 Å². The maximum atomic E-state index is 13.1. The van der Waals surface area contributed by atoms with Crippen molar-refractivity contribution in [3.63, 3.8) is 0 Å². The average Bonchev–Trinajstić information content (AvgIpc) is 2.73. The van der Waals surface area contributed by atoms with Crippen molar-refractivity contribution in [3.05, 3.63) is 68.4 Å². The SMILES string of the molecule is CCCCSc1n[n+]2c(c(=O)[nH]1)-c1cc(Br)ccc1N[C@H]2c1ccc(C(=O)O)cc1. The number of benzene rings is 2. The van der Waals surface area contributed by atoms with Gasteiger partial charge in [-0.2, -0.15) is 0 Å². The Kier molecular flexibility index (Phi) is 5.92. The molecule has 0 amide bonds. The van der Waals surface area contributed by atoms with Crippen LogP contribution in [-0.4, -0.2) is 26.9 Å². The van der Waals surface area contributed by atoms with E-state index in [4.69, 9.17) is 5.10 Å². The fourth-order valence-electron chi connectivity index (χ4n) is 3.32. The Bertz CT molecular complexity index is 1160. The summed E-state index contributed by atoms with van der Waals surface area (Å²) in [6.45, 7) is 2.12. The maximum Gasteiger partial charge on any atom is 0.335 e. The van der Waals surface area contributed by atoms with Gasteiger partial charge in [0.05, 0.1) is 16.8 Å². The first-order chi connectivity index (χ1) is 14.5. The Morgan fingerprint density at radius 1 is 1.27 bits per heavy atom. The minimum absolute atomic E-state index is 0.207. The zero-order chi connectivity index (χ0) is 21.3. The summed E-state index contributed by atoms with van der Waals surface area (Å²) >= 11 is 4.99. The molecule has 9 heteroatoms. The van der Waals surface area contributed by atoms with Gasteiger partial charge in [0.1, 0.15) is 0 Å². The number of aromatic amines is 1. The van der Waals surface area contributed by atoms with E-state index in [0.717, 1.165) is 39.9 Å². The lowest BCUT2D eigenvalue weighted by molar-refractivity contribution is -0.759. The maximum absolute atomic E-state index is 13.1. The molecule has 154 valence electrons. The Balaban J connectivity index is 1.84. The fourth-order valence-corrected chi connectivity index (χ4v) is 4.62. The Morgan fingerprint density at radius 2 is 2.03 bits per heavy atom. The van der Waals surface area contributed by atoms with Gasteiger partial charge in [0, 0.05) is 20.9 Å². The van der Waals surface area contributed by atoms with Gasteiger partial charge in [-0.15, -0.1) is 0 Å². The van der Waals surface area contributed by atoms with Crippen LogP contribution in [0.3, 0.4) is 0 Å². The number of hydrogen-bond acceptors (Lipinski definition) is 5. The third-order valence-electron chi connectivity index (χ3n) is 4.85. The molecule has 0 saturated carbocycles. The van der Waals surface area contributed by atoms with E-state index in [1.165, 1.54) is 11.8 Å². The molecule has 30 heavy (non-hydrogen) atoms. The standard InChI is InChI=1S/C21H19BrN4O3S/c1-2-3-10-30-21-24-19(27)17-15-11-14(22)8-9-16(15)23-18(26(17)25-21)12-4-6-13(7-5-12)20(28)29/h4-9,11,18H,2-3,10H2,1H3,(H2,24,25,27,28,29)/p+1/t18-/m1/s1. The molecule has 0 fully saturated rings. The number of thioether (sulfide) groups is 1. The second-order valence-electron chi connectivity index (χ2n) is 6.92. The number of hydrogen-bond donors (Lipinski definition) is 3. The number of carbonyl (C=O) groups is 1. The third kappa shape index (κ3) is 3.99. The van der Waals surface area contributed by atoms with E-state index in [9.17, 15) is 14.7 Å². The highest BCUT2D eigenvalue weighted by Crippen LogP contribution is 2.34. The lowest BCUT2D eigenvalue weighted by atomic mass is 10.0. The fraction of sp³-hybridized carbons (Fsp3) is 0.238. The lowest BCUT2D eigenvalue weighted by Crippen LogP contribution is -2.55. The van der Waals surface area contributed by atoms with Crippen LogP contribution in [0.2, 0.25) is 0 Å². The van der Waals surface area contributed by atoms with Crippen LogP contribution in [0, 0.1) is 0 Å². The van der Waals surface area contributed by atoms with Crippen molar-refractivity contribution in [2.24, 2.45) is 0 Å². The predicted octanol–water partition coefficient (Wildman–Crippen LogP) is 4.05. The minimum atomic E-state index is -0.981. The second-order valence-corrected chi connectivity index (χ2v) is 8.92. The number of nitrogens with zero attached hydrogens (tertiary/aromatic N) is 2. The molecule has 1 aliphatic heterocycles. The van der Waals surface area contributed by atoms with Crippen molar-refractivity contribution in [1.29, 1.82) is 0 Å². The van der Waals surface area contributed by atoms with E-state index >= 15 is 0 Å². The number of anilines is 1. The Morgan fingerprint density at radius 3 is 2.73 bits per heavy atom. The molecule has 4 rings (SSSR count). The monoisotopic (exact) mass is 487 g/mol. The number of aromatic carboxylic acids is 1. The smallest absolute Gasteiger partial charge is 0.335 e. The molecule has 2 aromatic carbocycles. The van der Waals surface area contributed by atoms with E-state index in [1.54, 1.807) is 28.9 Å². The molecule has 0 spiro atoms. The van der Waals surface area contributed by atoms with Gasteiger partial charge in [-0.05, 0) is 53.6 Å². The zero-order valence-electron chi connectivity index (χ0n) is 16.2. The lowest BCUT2D eigenvalue weighted by Gasteiger charge is -2.22. The molecule has 0 aliphatic carbocycles. The van der Waals surface area contributed by atoms with Gasteiger partial charge >= 0.3 is 17.2 Å². The van der Waals surface area contributed by atoms with Crippen LogP contribution >= 0.6 is 27.7 Å². The van der Waals surface area contributed by atoms with Crippen LogP contribution in [-0.2, 0) is 0 Å². The summed E-state index contributed by atoms with van der Waals surface area (Å²) < 4.78 is 2.55. The number of carboxylic acid groups (broad SMARTS) is 1. The predicted molar refractivity (Wildman–Crippen MR) is 119 cm³/mol. The van der Waals surface area contributed by atoms with E-state index in [1.807, 2.05) is 18.2 Å². The van der Waals surface area contributed by atoms with E-state index in [0.29, 0.717) is 10.9 Å². The summed E-state index contributed by atoms with van der Waals surface area (Å²) in [7, 11) is 0. The van der Waals surface area contributed by atoms with Crippen LogP contribution in [0.1, 0.15) is 41.9 Å². The molecule has 1 aliphatic rings. The quantitative estimate of drug-likeness (QED) is 0.275. The number of fused-ring (bicyclic) bond motifs is 3. The van der Waals surface area contributed by atoms with Gasteiger partial charge in [0.2, 0.25) is 5.16 Å². The molecule has 2 heterocycles. The molecule has 0 radical (unpaired) electrons. The highest BCUT2D eigenvalue weighted by Gasteiger charge is 2.37. The molecule has 0 bridgehead atoms. The van der Waals surface area contributed by atoms with Crippen molar-refractivity contribution in [3.8, 4) is 11.3 Å². The second kappa shape index (κ2) is 8.61. The van der Waals surface area contributed by atoms with Gasteiger partial charge in [0.25, 0.3) is 6.17 Å². The first kappa shape index (κ1) is 20.6.